The van der Waals surface area contributed by atoms with Gasteiger partial charge in [-0.1, -0.05) is 19.2 Å². The Balaban J connectivity index is 0. The fourth-order valence-electron chi connectivity index (χ4n) is 0.931. The van der Waals surface area contributed by atoms with Crippen LogP contribution in [0.25, 0.3) is 0 Å². The SMILES string of the molecule is C=CNS(=O)(=O)c1cccc(NN)c1.C=CS(=O)(=O)[O-].[Na+]. The molecule has 1 aromatic rings. The van der Waals surface area contributed by atoms with Crippen LogP contribution in [0.15, 0.2) is 53.9 Å². The van der Waals surface area contributed by atoms with Crippen molar-refractivity contribution in [1.29, 1.82) is 0 Å². The molecule has 0 atom stereocenters. The number of nitrogens with one attached hydrogen (secondary N) is 2. The third-order valence-electron chi connectivity index (χ3n) is 1.75. The summed E-state index contributed by atoms with van der Waals surface area (Å²) < 4.78 is 53.0. The molecule has 21 heavy (non-hydrogen) atoms. The Morgan fingerprint density at radius 2 is 1.71 bits per heavy atom. The second kappa shape index (κ2) is 9.95. The summed E-state index contributed by atoms with van der Waals surface area (Å²) in [7, 11) is -7.65. The zero-order chi connectivity index (χ0) is 15.8. The Bertz CT molecular complexity index is 662. The van der Waals surface area contributed by atoms with Crippen molar-refractivity contribution in [2.24, 2.45) is 5.84 Å². The second-order valence-electron chi connectivity index (χ2n) is 3.16. The summed E-state index contributed by atoms with van der Waals surface area (Å²) in [5.74, 6) is 5.15. The van der Waals surface area contributed by atoms with Gasteiger partial charge in [0.25, 0.3) is 10.0 Å². The standard InChI is InChI=1S/C8H11N3O2S.C2H4O3S.Na/c1-2-10-14(12,13)8-5-3-4-7(6-8)11-9;1-2-6(3,4)5;/h2-6,10-11H,1,9H2;2H,1H2,(H,3,4,5);/q;;+1/p-1. The minimum Gasteiger partial charge on any atom is -0.745 e. The molecule has 0 bridgehead atoms. The van der Waals surface area contributed by atoms with Gasteiger partial charge in [-0.3, -0.25) is 10.6 Å². The van der Waals surface area contributed by atoms with Crippen molar-refractivity contribution in [2.75, 3.05) is 5.43 Å². The van der Waals surface area contributed by atoms with Gasteiger partial charge in [-0.2, -0.15) is 0 Å². The first kappa shape index (κ1) is 22.4. The van der Waals surface area contributed by atoms with Crippen molar-refractivity contribution >= 4 is 25.8 Å². The molecule has 4 N–H and O–H groups in total. The van der Waals surface area contributed by atoms with Gasteiger partial charge in [0, 0.05) is 17.3 Å². The van der Waals surface area contributed by atoms with Crippen LogP contribution < -0.4 is 45.5 Å². The maximum Gasteiger partial charge on any atom is 1.00 e. The van der Waals surface area contributed by atoms with E-state index in [2.05, 4.69) is 23.3 Å². The Morgan fingerprint density at radius 3 is 2.10 bits per heavy atom. The monoisotopic (exact) mass is 343 g/mol. The summed E-state index contributed by atoms with van der Waals surface area (Å²) in [6.45, 7) is 6.01. The number of anilines is 1. The number of rotatable bonds is 5. The van der Waals surface area contributed by atoms with Gasteiger partial charge in [0.15, 0.2) is 0 Å². The topological polar surface area (TPSA) is 141 Å². The zero-order valence-electron chi connectivity index (χ0n) is 11.3. The maximum absolute atomic E-state index is 11.4. The van der Waals surface area contributed by atoms with Crippen LogP contribution in [0.3, 0.4) is 0 Å². The van der Waals surface area contributed by atoms with Gasteiger partial charge >= 0.3 is 29.6 Å². The van der Waals surface area contributed by atoms with E-state index >= 15 is 0 Å². The quantitative estimate of drug-likeness (QED) is 0.225. The van der Waals surface area contributed by atoms with Crippen LogP contribution in [0, 0.1) is 0 Å². The zero-order valence-corrected chi connectivity index (χ0v) is 14.9. The Hall–Kier alpha value is -0.880. The number of hydrazine groups is 1. The van der Waals surface area contributed by atoms with Crippen LogP contribution in [-0.4, -0.2) is 21.4 Å². The fourth-order valence-corrected chi connectivity index (χ4v) is 1.83. The van der Waals surface area contributed by atoms with Crippen molar-refractivity contribution in [2.45, 2.75) is 4.90 Å². The third-order valence-corrected chi connectivity index (χ3v) is 3.51. The average Bonchev–Trinajstić information content (AvgIpc) is 2.38. The van der Waals surface area contributed by atoms with Crippen LogP contribution in [0.5, 0.6) is 0 Å². The summed E-state index contributed by atoms with van der Waals surface area (Å²) in [6, 6.07) is 6.14. The molecule has 0 fully saturated rings. The Morgan fingerprint density at radius 1 is 1.19 bits per heavy atom. The van der Waals surface area contributed by atoms with Crippen molar-refractivity contribution in [3.63, 3.8) is 0 Å². The van der Waals surface area contributed by atoms with Crippen molar-refractivity contribution in [1.82, 2.24) is 4.72 Å². The van der Waals surface area contributed by atoms with Gasteiger partial charge in [-0.25, -0.2) is 16.8 Å². The number of sulfonamides is 1. The molecule has 1 rings (SSSR count). The molecule has 1 aromatic carbocycles. The number of hydrogen-bond acceptors (Lipinski definition) is 7. The Labute approximate surface area is 146 Å². The number of nitrogen functional groups attached to an aromatic ring is 1. The van der Waals surface area contributed by atoms with Crippen LogP contribution in [0.2, 0.25) is 0 Å². The van der Waals surface area contributed by atoms with Gasteiger partial charge in [0.2, 0.25) is 0 Å². The van der Waals surface area contributed by atoms with E-state index in [0.717, 1.165) is 6.20 Å². The smallest absolute Gasteiger partial charge is 0.745 e. The molecule has 0 aliphatic heterocycles. The molecule has 0 saturated heterocycles. The molecule has 0 radical (unpaired) electrons. The first-order valence-corrected chi connectivity index (χ1v) is 7.90. The minimum atomic E-state index is -4.15. The molecule has 0 spiro atoms. The first-order chi connectivity index (χ1) is 9.16. The number of benzene rings is 1. The molecule has 0 aromatic heterocycles. The second-order valence-corrected chi connectivity index (χ2v) is 6.19. The van der Waals surface area contributed by atoms with Gasteiger partial charge in [0.05, 0.1) is 4.90 Å². The van der Waals surface area contributed by atoms with Gasteiger partial charge in [-0.05, 0) is 18.2 Å². The van der Waals surface area contributed by atoms with E-state index in [-0.39, 0.29) is 34.5 Å². The number of nitrogens with two attached hydrogens (primary N) is 1. The normalized spacial score (nSPS) is 10.2. The average molecular weight is 343 g/mol. The summed E-state index contributed by atoms with van der Waals surface area (Å²) in [6.07, 6.45) is 1.11. The first-order valence-electron chi connectivity index (χ1n) is 4.94. The molecular formula is C10H14N3NaO5S2. The van der Waals surface area contributed by atoms with Crippen LogP contribution in [0.1, 0.15) is 0 Å². The van der Waals surface area contributed by atoms with E-state index in [9.17, 15) is 21.4 Å². The van der Waals surface area contributed by atoms with E-state index < -0.39 is 20.1 Å². The van der Waals surface area contributed by atoms with E-state index in [1.165, 1.54) is 12.1 Å². The minimum absolute atomic E-state index is 0. The largest absolute Gasteiger partial charge is 1.00 e. The van der Waals surface area contributed by atoms with Gasteiger partial charge in [-0.15, -0.1) is 0 Å². The maximum atomic E-state index is 11.4. The number of hydrogen-bond donors (Lipinski definition) is 3. The molecule has 0 aliphatic rings. The molecule has 8 nitrogen and oxygen atoms in total. The summed E-state index contributed by atoms with van der Waals surface area (Å²) in [5.41, 5.74) is 2.89. The van der Waals surface area contributed by atoms with E-state index in [1.54, 1.807) is 12.1 Å². The molecule has 0 unspecified atom stereocenters. The van der Waals surface area contributed by atoms with Crippen molar-refractivity contribution in [3.05, 3.63) is 49.0 Å². The third kappa shape index (κ3) is 9.63. The summed E-state index contributed by atoms with van der Waals surface area (Å²) in [5, 5.41) is 0.354. The molecule has 0 saturated carbocycles. The van der Waals surface area contributed by atoms with E-state index in [4.69, 9.17) is 5.84 Å². The van der Waals surface area contributed by atoms with E-state index in [0.29, 0.717) is 11.1 Å². The van der Waals surface area contributed by atoms with Gasteiger partial charge in [0.1, 0.15) is 10.1 Å². The molecule has 0 aliphatic carbocycles. The van der Waals surface area contributed by atoms with Crippen LogP contribution in [-0.2, 0) is 20.1 Å². The summed E-state index contributed by atoms with van der Waals surface area (Å²) >= 11 is 0. The van der Waals surface area contributed by atoms with Crippen LogP contribution >= 0.6 is 0 Å². The molecule has 0 heterocycles. The van der Waals surface area contributed by atoms with Crippen molar-refractivity contribution < 1.29 is 50.9 Å². The fraction of sp³-hybridized carbons (Fsp3) is 0. The molecule has 112 valence electrons. The molecular weight excluding hydrogens is 329 g/mol. The van der Waals surface area contributed by atoms with Crippen LogP contribution in [0.4, 0.5) is 5.69 Å². The van der Waals surface area contributed by atoms with Gasteiger partial charge < -0.3 is 9.98 Å². The summed E-state index contributed by atoms with van der Waals surface area (Å²) in [4.78, 5) is 0.132. The molecule has 11 heteroatoms. The predicted molar refractivity (Wildman–Crippen MR) is 74.7 cm³/mol. The Kier molecular flexibility index (Phi) is 10.6. The van der Waals surface area contributed by atoms with E-state index in [1.807, 2.05) is 0 Å². The predicted octanol–water partition coefficient (Wildman–Crippen LogP) is -2.93. The van der Waals surface area contributed by atoms with Crippen molar-refractivity contribution in [3.8, 4) is 0 Å². The molecule has 0 amide bonds.